The van der Waals surface area contributed by atoms with Crippen molar-refractivity contribution in [3.8, 4) is 0 Å². The van der Waals surface area contributed by atoms with Gasteiger partial charge >= 0.3 is 0 Å². The van der Waals surface area contributed by atoms with Crippen molar-refractivity contribution in [2.45, 2.75) is 32.2 Å². The molecule has 21 heavy (non-hydrogen) atoms. The van der Waals surface area contributed by atoms with E-state index in [1.807, 2.05) is 32.0 Å². The average molecular weight is 347 g/mol. The number of aryl methyl sites for hydroxylation is 1. The topological polar surface area (TPSA) is 42.0 Å². The van der Waals surface area contributed by atoms with Gasteiger partial charge in [-0.05, 0) is 60.3 Å². The maximum Gasteiger partial charge on any atom is 0.253 e. The normalized spacial score (nSPS) is 11.2. The van der Waals surface area contributed by atoms with E-state index < -0.39 is 0 Å². The Morgan fingerprint density at radius 2 is 1.90 bits per heavy atom. The van der Waals surface area contributed by atoms with Crippen LogP contribution in [0.15, 0.2) is 53.3 Å². The first-order valence-electron chi connectivity index (χ1n) is 6.94. The lowest BCUT2D eigenvalue weighted by Crippen LogP contribution is -2.43. The van der Waals surface area contributed by atoms with E-state index in [1.165, 1.54) is 5.56 Å². The standard InChI is InChI=1S/C17H19BrN2O/c1-17(2,11-10-13-6-4-3-5-7-13)20-16(21)14-8-9-15(18)19-12-14/h3-9,12H,10-11H2,1-2H3,(H,20,21). The van der Waals surface area contributed by atoms with E-state index in [-0.39, 0.29) is 11.4 Å². The van der Waals surface area contributed by atoms with E-state index in [0.717, 1.165) is 17.4 Å². The molecule has 0 fully saturated rings. The van der Waals surface area contributed by atoms with Crippen LogP contribution in [-0.4, -0.2) is 16.4 Å². The van der Waals surface area contributed by atoms with E-state index in [0.29, 0.717) is 5.56 Å². The summed E-state index contributed by atoms with van der Waals surface area (Å²) in [5, 5.41) is 3.07. The minimum absolute atomic E-state index is 0.0898. The predicted octanol–water partition coefficient (Wildman–Crippen LogP) is 3.99. The first-order chi connectivity index (χ1) is 9.96. The highest BCUT2D eigenvalue weighted by molar-refractivity contribution is 9.10. The van der Waals surface area contributed by atoms with Crippen LogP contribution in [0.4, 0.5) is 0 Å². The lowest BCUT2D eigenvalue weighted by atomic mass is 9.95. The van der Waals surface area contributed by atoms with Crippen LogP contribution in [0, 0.1) is 0 Å². The fraction of sp³-hybridized carbons (Fsp3) is 0.294. The number of carbonyl (C=O) groups excluding carboxylic acids is 1. The van der Waals surface area contributed by atoms with Gasteiger partial charge in [0.05, 0.1) is 5.56 Å². The third-order valence-corrected chi connectivity index (χ3v) is 3.79. The number of halogens is 1. The lowest BCUT2D eigenvalue weighted by molar-refractivity contribution is 0.0909. The number of nitrogens with one attached hydrogen (secondary N) is 1. The largest absolute Gasteiger partial charge is 0.347 e. The molecule has 0 spiro atoms. The molecule has 1 amide bonds. The number of hydrogen-bond acceptors (Lipinski definition) is 2. The molecule has 0 atom stereocenters. The van der Waals surface area contributed by atoms with Gasteiger partial charge in [0, 0.05) is 11.7 Å². The number of benzene rings is 1. The summed E-state index contributed by atoms with van der Waals surface area (Å²) in [5.41, 5.74) is 1.59. The fourth-order valence-electron chi connectivity index (χ4n) is 2.05. The Labute approximate surface area is 133 Å². The molecule has 3 nitrogen and oxygen atoms in total. The summed E-state index contributed by atoms with van der Waals surface area (Å²) in [7, 11) is 0. The molecule has 1 N–H and O–H groups in total. The van der Waals surface area contributed by atoms with Crippen molar-refractivity contribution < 1.29 is 4.79 Å². The zero-order chi connectivity index (χ0) is 15.3. The molecule has 1 heterocycles. The van der Waals surface area contributed by atoms with Gasteiger partial charge in [0.25, 0.3) is 5.91 Å². The third-order valence-electron chi connectivity index (χ3n) is 3.32. The summed E-state index contributed by atoms with van der Waals surface area (Å²) in [6, 6.07) is 13.8. The highest BCUT2D eigenvalue weighted by Gasteiger charge is 2.21. The van der Waals surface area contributed by atoms with Crippen molar-refractivity contribution >= 4 is 21.8 Å². The molecule has 0 aliphatic rings. The Bertz CT molecular complexity index is 594. The molecule has 0 aliphatic carbocycles. The van der Waals surface area contributed by atoms with E-state index in [4.69, 9.17) is 0 Å². The maximum absolute atomic E-state index is 12.2. The number of hydrogen-bond donors (Lipinski definition) is 1. The fourth-order valence-corrected chi connectivity index (χ4v) is 2.29. The number of aromatic nitrogens is 1. The molecule has 0 saturated heterocycles. The van der Waals surface area contributed by atoms with Crippen molar-refractivity contribution in [2.24, 2.45) is 0 Å². The van der Waals surface area contributed by atoms with E-state index >= 15 is 0 Å². The van der Waals surface area contributed by atoms with Crippen molar-refractivity contribution in [2.75, 3.05) is 0 Å². The molecule has 0 unspecified atom stereocenters. The van der Waals surface area contributed by atoms with Crippen LogP contribution >= 0.6 is 15.9 Å². The van der Waals surface area contributed by atoms with Crippen LogP contribution in [0.5, 0.6) is 0 Å². The van der Waals surface area contributed by atoms with Gasteiger partial charge in [0.1, 0.15) is 4.60 Å². The Balaban J connectivity index is 1.93. The SMILES string of the molecule is CC(C)(CCc1ccccc1)NC(=O)c1ccc(Br)nc1. The number of amides is 1. The Kier molecular flexibility index (Phi) is 5.12. The third kappa shape index (κ3) is 4.97. The molecule has 1 aromatic carbocycles. The first kappa shape index (κ1) is 15.7. The second-order valence-corrected chi connectivity index (χ2v) is 6.51. The minimum Gasteiger partial charge on any atom is -0.347 e. The summed E-state index contributed by atoms with van der Waals surface area (Å²) in [6.07, 6.45) is 3.39. The molecule has 0 bridgehead atoms. The Morgan fingerprint density at radius 3 is 2.52 bits per heavy atom. The van der Waals surface area contributed by atoms with Crippen LogP contribution in [0.1, 0.15) is 36.2 Å². The number of pyridine rings is 1. The summed E-state index contributed by atoms with van der Waals surface area (Å²) in [6.45, 7) is 4.08. The molecule has 110 valence electrons. The highest BCUT2D eigenvalue weighted by Crippen LogP contribution is 2.15. The van der Waals surface area contributed by atoms with Gasteiger partial charge in [-0.3, -0.25) is 4.79 Å². The molecular formula is C17H19BrN2O. The van der Waals surface area contributed by atoms with Crippen molar-refractivity contribution in [3.05, 3.63) is 64.4 Å². The van der Waals surface area contributed by atoms with Gasteiger partial charge in [-0.15, -0.1) is 0 Å². The zero-order valence-corrected chi connectivity index (χ0v) is 13.9. The summed E-state index contributed by atoms with van der Waals surface area (Å²) in [4.78, 5) is 16.3. The molecule has 0 aliphatic heterocycles. The van der Waals surface area contributed by atoms with Crippen LogP contribution in [0.2, 0.25) is 0 Å². The lowest BCUT2D eigenvalue weighted by Gasteiger charge is -2.26. The van der Waals surface area contributed by atoms with Gasteiger partial charge in [-0.1, -0.05) is 30.3 Å². The van der Waals surface area contributed by atoms with Crippen LogP contribution in [-0.2, 0) is 6.42 Å². The van der Waals surface area contributed by atoms with E-state index in [1.54, 1.807) is 18.3 Å². The van der Waals surface area contributed by atoms with Crippen molar-refractivity contribution in [3.63, 3.8) is 0 Å². The molecular weight excluding hydrogens is 328 g/mol. The van der Waals surface area contributed by atoms with E-state index in [2.05, 4.69) is 38.4 Å². The first-order valence-corrected chi connectivity index (χ1v) is 7.74. The average Bonchev–Trinajstić information content (AvgIpc) is 2.46. The van der Waals surface area contributed by atoms with Gasteiger partial charge < -0.3 is 5.32 Å². The van der Waals surface area contributed by atoms with Gasteiger partial charge in [0.2, 0.25) is 0 Å². The number of carbonyl (C=O) groups is 1. The van der Waals surface area contributed by atoms with Crippen LogP contribution in [0.25, 0.3) is 0 Å². The summed E-state index contributed by atoms with van der Waals surface area (Å²) >= 11 is 3.26. The monoisotopic (exact) mass is 346 g/mol. The molecule has 4 heteroatoms. The second kappa shape index (κ2) is 6.85. The molecule has 2 aromatic rings. The smallest absolute Gasteiger partial charge is 0.253 e. The van der Waals surface area contributed by atoms with Crippen LogP contribution < -0.4 is 5.32 Å². The van der Waals surface area contributed by atoms with Crippen LogP contribution in [0.3, 0.4) is 0 Å². The Morgan fingerprint density at radius 1 is 1.19 bits per heavy atom. The quantitative estimate of drug-likeness (QED) is 0.831. The Hall–Kier alpha value is -1.68. The summed E-state index contributed by atoms with van der Waals surface area (Å²) in [5.74, 6) is -0.0898. The molecule has 2 rings (SSSR count). The number of rotatable bonds is 5. The van der Waals surface area contributed by atoms with Gasteiger partial charge in [0.15, 0.2) is 0 Å². The minimum atomic E-state index is -0.264. The molecule has 1 aromatic heterocycles. The van der Waals surface area contributed by atoms with E-state index in [9.17, 15) is 4.79 Å². The zero-order valence-electron chi connectivity index (χ0n) is 12.3. The summed E-state index contributed by atoms with van der Waals surface area (Å²) < 4.78 is 0.724. The van der Waals surface area contributed by atoms with Gasteiger partial charge in [-0.25, -0.2) is 4.98 Å². The molecule has 0 radical (unpaired) electrons. The maximum atomic E-state index is 12.2. The highest BCUT2D eigenvalue weighted by atomic mass is 79.9. The van der Waals surface area contributed by atoms with Crippen molar-refractivity contribution in [1.29, 1.82) is 0 Å². The van der Waals surface area contributed by atoms with Crippen molar-refractivity contribution in [1.82, 2.24) is 10.3 Å². The second-order valence-electron chi connectivity index (χ2n) is 5.69. The van der Waals surface area contributed by atoms with Gasteiger partial charge in [-0.2, -0.15) is 0 Å². The molecule has 0 saturated carbocycles. The predicted molar refractivity (Wildman–Crippen MR) is 88.2 cm³/mol. The number of nitrogens with zero attached hydrogens (tertiary/aromatic N) is 1.